The van der Waals surface area contributed by atoms with Crippen molar-refractivity contribution < 1.29 is 0 Å². The first kappa shape index (κ1) is 19.9. The maximum Gasteiger partial charge on any atom is 0.0636 e. The predicted octanol–water partition coefficient (Wildman–Crippen LogP) is 5.49. The Hall–Kier alpha value is -0.0800. The maximum atomic E-state index is 6.14. The van der Waals surface area contributed by atoms with Crippen LogP contribution in [-0.2, 0) is 0 Å². The zero-order chi connectivity index (χ0) is 15.1. The van der Waals surface area contributed by atoms with Crippen LogP contribution < -0.4 is 11.5 Å². The Labute approximate surface area is 128 Å². The number of hydrogen-bond donors (Lipinski definition) is 2. The van der Waals surface area contributed by atoms with Crippen LogP contribution in [0.25, 0.3) is 0 Å². The molecule has 0 aliphatic heterocycles. The second kappa shape index (κ2) is 13.9. The third-order valence-corrected chi connectivity index (χ3v) is 4.24. The van der Waals surface area contributed by atoms with Gasteiger partial charge in [0.05, 0.1) is 5.66 Å². The lowest BCUT2D eigenvalue weighted by Gasteiger charge is -2.24. The van der Waals surface area contributed by atoms with E-state index in [0.29, 0.717) is 0 Å². The Morgan fingerprint density at radius 2 is 0.800 bits per heavy atom. The lowest BCUT2D eigenvalue weighted by atomic mass is 9.96. The van der Waals surface area contributed by atoms with Gasteiger partial charge in [-0.2, -0.15) is 0 Å². The van der Waals surface area contributed by atoms with E-state index in [4.69, 9.17) is 11.5 Å². The van der Waals surface area contributed by atoms with Crippen molar-refractivity contribution in [2.75, 3.05) is 0 Å². The van der Waals surface area contributed by atoms with Gasteiger partial charge in [0.1, 0.15) is 0 Å². The molecule has 0 radical (unpaired) electrons. The summed E-state index contributed by atoms with van der Waals surface area (Å²) in [7, 11) is 0. The lowest BCUT2D eigenvalue weighted by Crippen LogP contribution is -2.49. The fourth-order valence-electron chi connectivity index (χ4n) is 2.77. The van der Waals surface area contributed by atoms with E-state index in [1.165, 1.54) is 83.5 Å². The molecule has 0 spiro atoms. The van der Waals surface area contributed by atoms with Crippen molar-refractivity contribution in [2.24, 2.45) is 11.5 Å². The molecule has 0 aromatic carbocycles. The Bertz CT molecular complexity index is 190. The molecule has 20 heavy (non-hydrogen) atoms. The molecular weight excluding hydrogens is 244 g/mol. The number of nitrogens with two attached hydrogens (primary N) is 2. The molecule has 0 heterocycles. The average Bonchev–Trinajstić information content (AvgIpc) is 2.41. The lowest BCUT2D eigenvalue weighted by molar-refractivity contribution is 0.347. The van der Waals surface area contributed by atoms with Gasteiger partial charge in [-0.3, -0.25) is 0 Å². The fourth-order valence-corrected chi connectivity index (χ4v) is 2.77. The Morgan fingerprint density at radius 1 is 0.500 bits per heavy atom. The Balaban J connectivity index is 3.25. The molecule has 0 rings (SSSR count). The normalized spacial score (nSPS) is 12.0. The van der Waals surface area contributed by atoms with Crippen molar-refractivity contribution in [2.45, 2.75) is 116 Å². The van der Waals surface area contributed by atoms with E-state index in [-0.39, 0.29) is 0 Å². The topological polar surface area (TPSA) is 52.0 Å². The van der Waals surface area contributed by atoms with Crippen molar-refractivity contribution in [3.63, 3.8) is 0 Å². The second-order valence-corrected chi connectivity index (χ2v) is 6.62. The van der Waals surface area contributed by atoms with Crippen LogP contribution >= 0.6 is 0 Å². The van der Waals surface area contributed by atoms with Gasteiger partial charge in [-0.05, 0) is 12.8 Å². The van der Waals surface area contributed by atoms with Crippen LogP contribution in [0.15, 0.2) is 0 Å². The van der Waals surface area contributed by atoms with Crippen LogP contribution in [0.1, 0.15) is 110 Å². The van der Waals surface area contributed by atoms with E-state index in [1.54, 1.807) is 0 Å². The maximum absolute atomic E-state index is 6.14. The molecule has 0 bridgehead atoms. The highest BCUT2D eigenvalue weighted by atomic mass is 14.9. The summed E-state index contributed by atoms with van der Waals surface area (Å²) in [5.41, 5.74) is 11.9. The van der Waals surface area contributed by atoms with Crippen molar-refractivity contribution in [3.8, 4) is 0 Å². The first-order chi connectivity index (χ1) is 9.62. The Morgan fingerprint density at radius 3 is 1.25 bits per heavy atom. The zero-order valence-electron chi connectivity index (χ0n) is 14.3. The monoisotopic (exact) mass is 284 g/mol. The predicted molar refractivity (Wildman–Crippen MR) is 91.7 cm³/mol. The van der Waals surface area contributed by atoms with Gasteiger partial charge >= 0.3 is 0 Å². The van der Waals surface area contributed by atoms with E-state index in [0.717, 1.165) is 12.8 Å². The molecule has 0 unspecified atom stereocenters. The minimum atomic E-state index is -0.407. The van der Waals surface area contributed by atoms with E-state index in [2.05, 4.69) is 13.8 Å². The summed E-state index contributed by atoms with van der Waals surface area (Å²) >= 11 is 0. The van der Waals surface area contributed by atoms with Gasteiger partial charge in [-0.1, -0.05) is 97.3 Å². The molecule has 0 aliphatic carbocycles. The van der Waals surface area contributed by atoms with Crippen LogP contribution in [-0.4, -0.2) is 5.66 Å². The molecule has 0 saturated heterocycles. The highest BCUT2D eigenvalue weighted by molar-refractivity contribution is 4.76. The largest absolute Gasteiger partial charge is 0.313 e. The molecule has 0 saturated carbocycles. The van der Waals surface area contributed by atoms with Crippen LogP contribution in [0, 0.1) is 0 Å². The molecule has 0 aromatic heterocycles. The summed E-state index contributed by atoms with van der Waals surface area (Å²) in [6.45, 7) is 4.49. The quantitative estimate of drug-likeness (QED) is 0.308. The van der Waals surface area contributed by atoms with Gasteiger partial charge in [0.2, 0.25) is 0 Å². The van der Waals surface area contributed by atoms with Gasteiger partial charge in [-0.15, -0.1) is 0 Å². The van der Waals surface area contributed by atoms with E-state index in [1.807, 2.05) is 0 Å². The molecule has 0 amide bonds. The SMILES string of the molecule is CCCCCCCCCCCCC(N)(N)CCCCC. The minimum Gasteiger partial charge on any atom is -0.313 e. The summed E-state index contributed by atoms with van der Waals surface area (Å²) in [4.78, 5) is 0. The third-order valence-electron chi connectivity index (χ3n) is 4.24. The molecular formula is C18H40N2. The standard InChI is InChI=1S/C18H40N2/c1-3-5-7-8-9-10-11-12-13-15-17-18(19,20)16-14-6-4-2/h3-17,19-20H2,1-2H3. The van der Waals surface area contributed by atoms with Crippen LogP contribution in [0.3, 0.4) is 0 Å². The molecule has 0 atom stereocenters. The van der Waals surface area contributed by atoms with Crippen molar-refractivity contribution in [1.82, 2.24) is 0 Å². The van der Waals surface area contributed by atoms with Gasteiger partial charge in [0, 0.05) is 0 Å². The van der Waals surface area contributed by atoms with E-state index in [9.17, 15) is 0 Å². The van der Waals surface area contributed by atoms with Crippen molar-refractivity contribution in [3.05, 3.63) is 0 Å². The van der Waals surface area contributed by atoms with Crippen LogP contribution in [0.5, 0.6) is 0 Å². The van der Waals surface area contributed by atoms with Gasteiger partial charge < -0.3 is 11.5 Å². The van der Waals surface area contributed by atoms with Crippen molar-refractivity contribution in [1.29, 1.82) is 0 Å². The first-order valence-electron chi connectivity index (χ1n) is 9.20. The van der Waals surface area contributed by atoms with Crippen LogP contribution in [0.4, 0.5) is 0 Å². The molecule has 0 aliphatic rings. The molecule has 0 fully saturated rings. The minimum absolute atomic E-state index is 0.407. The molecule has 2 nitrogen and oxygen atoms in total. The smallest absolute Gasteiger partial charge is 0.0636 e. The molecule has 4 N–H and O–H groups in total. The molecule has 0 aromatic rings. The highest BCUT2D eigenvalue weighted by Gasteiger charge is 2.17. The summed E-state index contributed by atoms with van der Waals surface area (Å²) in [6, 6.07) is 0. The zero-order valence-corrected chi connectivity index (χ0v) is 14.3. The number of rotatable bonds is 15. The summed E-state index contributed by atoms with van der Waals surface area (Å²) in [5, 5.41) is 0. The number of hydrogen-bond acceptors (Lipinski definition) is 2. The number of unbranched alkanes of at least 4 members (excludes halogenated alkanes) is 11. The van der Waals surface area contributed by atoms with E-state index >= 15 is 0 Å². The summed E-state index contributed by atoms with van der Waals surface area (Å²) < 4.78 is 0. The molecule has 2 heteroatoms. The van der Waals surface area contributed by atoms with Crippen LogP contribution in [0.2, 0.25) is 0 Å². The average molecular weight is 285 g/mol. The second-order valence-electron chi connectivity index (χ2n) is 6.62. The summed E-state index contributed by atoms with van der Waals surface area (Å²) in [5.74, 6) is 0. The first-order valence-corrected chi connectivity index (χ1v) is 9.20. The van der Waals surface area contributed by atoms with Gasteiger partial charge in [0.25, 0.3) is 0 Å². The molecule has 122 valence electrons. The summed E-state index contributed by atoms with van der Waals surface area (Å²) in [6.07, 6.45) is 19.4. The highest BCUT2D eigenvalue weighted by Crippen LogP contribution is 2.16. The fraction of sp³-hybridized carbons (Fsp3) is 1.00. The van der Waals surface area contributed by atoms with E-state index < -0.39 is 5.66 Å². The third kappa shape index (κ3) is 14.3. The Kier molecular flexibility index (Phi) is 13.8. The van der Waals surface area contributed by atoms with Crippen molar-refractivity contribution >= 4 is 0 Å². The van der Waals surface area contributed by atoms with Gasteiger partial charge in [-0.25, -0.2) is 0 Å². The van der Waals surface area contributed by atoms with Gasteiger partial charge in [0.15, 0.2) is 0 Å².